The summed E-state index contributed by atoms with van der Waals surface area (Å²) in [6.07, 6.45) is 0.421. The van der Waals surface area contributed by atoms with Gasteiger partial charge in [0.1, 0.15) is 6.61 Å². The van der Waals surface area contributed by atoms with Gasteiger partial charge in [0.15, 0.2) is 5.12 Å². The maximum absolute atomic E-state index is 11.3. The van der Waals surface area contributed by atoms with Crippen molar-refractivity contribution in [2.45, 2.75) is 26.4 Å². The molecule has 0 N–H and O–H groups in total. The van der Waals surface area contributed by atoms with E-state index in [1.165, 1.54) is 11.8 Å². The van der Waals surface area contributed by atoms with Gasteiger partial charge in [-0.25, -0.2) is 0 Å². The molecule has 0 aliphatic rings. The second-order valence-corrected chi connectivity index (χ2v) is 4.77. The summed E-state index contributed by atoms with van der Waals surface area (Å²) in [5.74, 6) is 0.427. The summed E-state index contributed by atoms with van der Waals surface area (Å²) in [6, 6.07) is 9.48. The number of benzene rings is 1. The summed E-state index contributed by atoms with van der Waals surface area (Å²) in [6.45, 7) is 2.19. The molecule has 0 fully saturated rings. The highest BCUT2D eigenvalue weighted by Gasteiger charge is 2.07. The second kappa shape index (κ2) is 7.90. The van der Waals surface area contributed by atoms with E-state index in [0.29, 0.717) is 0 Å². The van der Waals surface area contributed by atoms with Crippen molar-refractivity contribution in [3.63, 3.8) is 0 Å². The first-order chi connectivity index (χ1) is 8.22. The van der Waals surface area contributed by atoms with E-state index < -0.39 is 0 Å². The highest BCUT2D eigenvalue weighted by molar-refractivity contribution is 8.13. The molecule has 0 amide bonds. The van der Waals surface area contributed by atoms with Gasteiger partial charge in [-0.05, 0) is 11.3 Å². The number of hydrogen-bond acceptors (Lipinski definition) is 4. The predicted octanol–water partition coefficient (Wildman–Crippen LogP) is 2.79. The molecule has 17 heavy (non-hydrogen) atoms. The maximum atomic E-state index is 11.3. The quantitative estimate of drug-likeness (QED) is 0.730. The molecule has 0 aliphatic carbocycles. The Morgan fingerprint density at radius 2 is 1.88 bits per heavy atom. The van der Waals surface area contributed by atoms with E-state index in [2.05, 4.69) is 0 Å². The molecule has 3 nitrogen and oxygen atoms in total. The van der Waals surface area contributed by atoms with E-state index in [4.69, 9.17) is 4.74 Å². The Labute approximate surface area is 106 Å². The fourth-order valence-electron chi connectivity index (χ4n) is 1.25. The molecule has 0 saturated heterocycles. The summed E-state index contributed by atoms with van der Waals surface area (Å²) in [7, 11) is 0. The van der Waals surface area contributed by atoms with Crippen molar-refractivity contribution in [1.82, 2.24) is 0 Å². The lowest BCUT2D eigenvalue weighted by Crippen LogP contribution is -2.06. The molecule has 1 aromatic carbocycles. The van der Waals surface area contributed by atoms with E-state index >= 15 is 0 Å². The fraction of sp³-hybridized carbons (Fsp3) is 0.385. The Morgan fingerprint density at radius 3 is 2.53 bits per heavy atom. The summed E-state index contributed by atoms with van der Waals surface area (Å²) >= 11 is 1.24. The van der Waals surface area contributed by atoms with Gasteiger partial charge in [-0.2, -0.15) is 0 Å². The molecular formula is C13H16O3S. The van der Waals surface area contributed by atoms with E-state index in [-0.39, 0.29) is 30.5 Å². The number of rotatable bonds is 6. The van der Waals surface area contributed by atoms with E-state index in [1.807, 2.05) is 37.3 Å². The van der Waals surface area contributed by atoms with E-state index in [9.17, 15) is 9.59 Å². The van der Waals surface area contributed by atoms with Gasteiger partial charge in [-0.1, -0.05) is 49.0 Å². The van der Waals surface area contributed by atoms with E-state index in [1.54, 1.807) is 0 Å². The van der Waals surface area contributed by atoms with Crippen LogP contribution in [-0.4, -0.2) is 16.8 Å². The molecule has 92 valence electrons. The third-order valence-corrected chi connectivity index (χ3v) is 2.90. The van der Waals surface area contributed by atoms with Gasteiger partial charge < -0.3 is 4.74 Å². The Hall–Kier alpha value is -1.29. The van der Waals surface area contributed by atoms with Crippen molar-refractivity contribution >= 4 is 22.8 Å². The van der Waals surface area contributed by atoms with Gasteiger partial charge in [0.05, 0.1) is 6.42 Å². The maximum Gasteiger partial charge on any atom is 0.306 e. The van der Waals surface area contributed by atoms with Gasteiger partial charge in [-0.15, -0.1) is 0 Å². The third-order valence-electron chi connectivity index (χ3n) is 2.08. The van der Waals surface area contributed by atoms with Crippen molar-refractivity contribution in [3.8, 4) is 0 Å². The monoisotopic (exact) mass is 252 g/mol. The van der Waals surface area contributed by atoms with Crippen LogP contribution in [0, 0.1) is 0 Å². The lowest BCUT2D eigenvalue weighted by atomic mass is 10.2. The molecule has 0 aromatic heterocycles. The average Bonchev–Trinajstić information content (AvgIpc) is 2.35. The number of hydrogen-bond donors (Lipinski definition) is 0. The van der Waals surface area contributed by atoms with Gasteiger partial charge in [0.2, 0.25) is 0 Å². The zero-order chi connectivity index (χ0) is 12.5. The molecular weight excluding hydrogens is 236 g/mol. The topological polar surface area (TPSA) is 43.4 Å². The molecule has 1 rings (SSSR count). The average molecular weight is 252 g/mol. The van der Waals surface area contributed by atoms with Gasteiger partial charge >= 0.3 is 5.97 Å². The summed E-state index contributed by atoms with van der Waals surface area (Å²) < 4.78 is 5.06. The molecule has 0 bridgehead atoms. The van der Waals surface area contributed by atoms with Gasteiger partial charge in [0.25, 0.3) is 0 Å². The van der Waals surface area contributed by atoms with Crippen LogP contribution >= 0.6 is 11.8 Å². The highest BCUT2D eigenvalue weighted by Crippen LogP contribution is 2.08. The minimum atomic E-state index is -0.320. The SMILES string of the molecule is CCSC(=O)CCC(=O)OCc1ccccc1. The fourth-order valence-corrected chi connectivity index (χ4v) is 1.82. The first-order valence-corrected chi connectivity index (χ1v) is 6.56. The number of thioether (sulfide) groups is 1. The third kappa shape index (κ3) is 6.12. The highest BCUT2D eigenvalue weighted by atomic mass is 32.2. The van der Waals surface area contributed by atoms with Crippen LogP contribution in [0.25, 0.3) is 0 Å². The molecule has 0 aliphatic heterocycles. The number of ether oxygens (including phenoxy) is 1. The largest absolute Gasteiger partial charge is 0.461 e. The standard InChI is InChI=1S/C13H16O3S/c1-2-17-13(15)9-8-12(14)16-10-11-6-4-3-5-7-11/h3-7H,2,8-10H2,1H3. The zero-order valence-corrected chi connectivity index (χ0v) is 10.7. The molecule has 0 unspecified atom stereocenters. The molecule has 0 atom stereocenters. The van der Waals surface area contributed by atoms with Gasteiger partial charge in [-0.3, -0.25) is 9.59 Å². The molecule has 1 aromatic rings. The van der Waals surface area contributed by atoms with Crippen LogP contribution in [-0.2, 0) is 20.9 Å². The van der Waals surface area contributed by atoms with Crippen molar-refractivity contribution < 1.29 is 14.3 Å². The molecule has 4 heteroatoms. The second-order valence-electron chi connectivity index (χ2n) is 3.45. The molecule has 0 heterocycles. The molecule has 0 radical (unpaired) electrons. The molecule has 0 spiro atoms. The van der Waals surface area contributed by atoms with Crippen LogP contribution in [0.3, 0.4) is 0 Å². The summed E-state index contributed by atoms with van der Waals surface area (Å²) in [5, 5.41) is 0.0455. The van der Waals surface area contributed by atoms with Crippen LogP contribution in [0.1, 0.15) is 25.3 Å². The van der Waals surface area contributed by atoms with Crippen molar-refractivity contribution in [3.05, 3.63) is 35.9 Å². The van der Waals surface area contributed by atoms with Crippen molar-refractivity contribution in [1.29, 1.82) is 0 Å². The van der Waals surface area contributed by atoms with Crippen LogP contribution in [0.5, 0.6) is 0 Å². The zero-order valence-electron chi connectivity index (χ0n) is 9.85. The summed E-state index contributed by atoms with van der Waals surface area (Å²) in [4.78, 5) is 22.5. The van der Waals surface area contributed by atoms with Crippen molar-refractivity contribution in [2.75, 3.05) is 5.75 Å². The van der Waals surface area contributed by atoms with Crippen LogP contribution in [0.15, 0.2) is 30.3 Å². The Kier molecular flexibility index (Phi) is 6.40. The number of carbonyl (C=O) groups excluding carboxylic acids is 2. The van der Waals surface area contributed by atoms with Crippen LogP contribution in [0.4, 0.5) is 0 Å². The number of carbonyl (C=O) groups is 2. The van der Waals surface area contributed by atoms with Crippen LogP contribution < -0.4 is 0 Å². The lowest BCUT2D eigenvalue weighted by Gasteiger charge is -2.04. The predicted molar refractivity (Wildman–Crippen MR) is 68.6 cm³/mol. The Bertz CT molecular complexity index is 362. The first kappa shape index (κ1) is 13.8. The first-order valence-electron chi connectivity index (χ1n) is 5.57. The molecule has 0 saturated carbocycles. The summed E-state index contributed by atoms with van der Waals surface area (Å²) in [5.41, 5.74) is 0.954. The van der Waals surface area contributed by atoms with Crippen LogP contribution in [0.2, 0.25) is 0 Å². The van der Waals surface area contributed by atoms with E-state index in [0.717, 1.165) is 11.3 Å². The number of esters is 1. The smallest absolute Gasteiger partial charge is 0.306 e. The minimum absolute atomic E-state index is 0.0455. The lowest BCUT2D eigenvalue weighted by molar-refractivity contribution is -0.145. The minimum Gasteiger partial charge on any atom is -0.461 e. The Morgan fingerprint density at radius 1 is 1.18 bits per heavy atom. The van der Waals surface area contributed by atoms with Gasteiger partial charge in [0, 0.05) is 6.42 Å². The Balaban J connectivity index is 2.20. The van der Waals surface area contributed by atoms with Crippen molar-refractivity contribution in [2.24, 2.45) is 0 Å². The normalized spacial score (nSPS) is 9.94.